The first-order valence-electron chi connectivity index (χ1n) is 11.5. The smallest absolute Gasteiger partial charge is 0.302 e. The molecule has 10 heteroatoms. The molecule has 0 radical (unpaired) electrons. The minimum absolute atomic E-state index is 0.270. The Morgan fingerprint density at radius 3 is 1.12 bits per heavy atom. The Labute approximate surface area is 207 Å². The maximum atomic E-state index is 10.5. The molecule has 32 heavy (non-hydrogen) atoms. The van der Waals surface area contributed by atoms with Crippen molar-refractivity contribution in [2.45, 2.75) is 32.6 Å². The lowest BCUT2D eigenvalue weighted by Crippen LogP contribution is -2.15. The van der Waals surface area contributed by atoms with Gasteiger partial charge in [-0.1, -0.05) is 35.4 Å². The van der Waals surface area contributed by atoms with E-state index < -0.39 is 0 Å². The molecule has 0 aliphatic carbocycles. The first-order chi connectivity index (χ1) is 15.8. The highest BCUT2D eigenvalue weighted by Crippen LogP contribution is 2.02. The highest BCUT2D eigenvalue weighted by molar-refractivity contribution is 14.1. The Kier molecular flexibility index (Phi) is 28.9. The van der Waals surface area contributed by atoms with Gasteiger partial charge in [-0.2, -0.15) is 0 Å². The molecule has 0 rings (SSSR count). The summed E-state index contributed by atoms with van der Waals surface area (Å²) in [5.41, 5.74) is 0. The summed E-state index contributed by atoms with van der Waals surface area (Å²) in [6.45, 7) is 9.28. The lowest BCUT2D eigenvalue weighted by Gasteiger charge is -2.08. The van der Waals surface area contributed by atoms with Crippen molar-refractivity contribution in [1.82, 2.24) is 0 Å². The van der Waals surface area contributed by atoms with Crippen LogP contribution in [0.4, 0.5) is 0 Å². The summed E-state index contributed by atoms with van der Waals surface area (Å²) < 4.78 is 43.9. The Morgan fingerprint density at radius 2 is 0.781 bits per heavy atom. The molecule has 0 saturated heterocycles. The first-order valence-corrected chi connectivity index (χ1v) is 13.0. The minimum Gasteiger partial charge on any atom is -0.463 e. The molecule has 0 aromatic heterocycles. The third-order valence-corrected chi connectivity index (χ3v) is 4.70. The van der Waals surface area contributed by atoms with Gasteiger partial charge in [0.15, 0.2) is 0 Å². The van der Waals surface area contributed by atoms with Crippen LogP contribution in [-0.4, -0.2) is 110 Å². The second-order valence-corrected chi connectivity index (χ2v) is 7.81. The number of ether oxygens (including phenoxy) is 8. The Morgan fingerprint density at radius 1 is 0.469 bits per heavy atom. The van der Waals surface area contributed by atoms with Crippen LogP contribution in [0.25, 0.3) is 0 Å². The molecule has 0 spiro atoms. The number of esters is 1. The molecular formula is C22H43IO9. The maximum absolute atomic E-state index is 10.5. The number of unbranched alkanes of at least 4 members (excludes halogenated alkanes) is 3. The van der Waals surface area contributed by atoms with Crippen molar-refractivity contribution in [2.75, 3.05) is 104 Å². The molecule has 0 fully saturated rings. The van der Waals surface area contributed by atoms with Crippen molar-refractivity contribution in [3.63, 3.8) is 0 Å². The van der Waals surface area contributed by atoms with E-state index in [9.17, 15) is 4.79 Å². The largest absolute Gasteiger partial charge is 0.463 e. The van der Waals surface area contributed by atoms with E-state index >= 15 is 0 Å². The maximum Gasteiger partial charge on any atom is 0.302 e. The van der Waals surface area contributed by atoms with Crippen LogP contribution in [0.15, 0.2) is 0 Å². The highest BCUT2D eigenvalue weighted by Gasteiger charge is 1.96. The third-order valence-electron chi connectivity index (χ3n) is 3.94. The van der Waals surface area contributed by atoms with Gasteiger partial charge in [0.2, 0.25) is 0 Å². The molecule has 9 nitrogen and oxygen atoms in total. The first kappa shape index (κ1) is 31.9. The van der Waals surface area contributed by atoms with E-state index in [1.165, 1.54) is 30.6 Å². The van der Waals surface area contributed by atoms with E-state index in [2.05, 4.69) is 22.6 Å². The number of alkyl halides is 1. The van der Waals surface area contributed by atoms with Crippen molar-refractivity contribution in [1.29, 1.82) is 0 Å². The fourth-order valence-electron chi connectivity index (χ4n) is 2.32. The van der Waals surface area contributed by atoms with Crippen LogP contribution in [0.3, 0.4) is 0 Å². The van der Waals surface area contributed by atoms with Crippen LogP contribution in [0, 0.1) is 0 Å². The third kappa shape index (κ3) is 29.9. The van der Waals surface area contributed by atoms with Crippen LogP contribution in [0.1, 0.15) is 32.6 Å². The van der Waals surface area contributed by atoms with Crippen LogP contribution in [0.5, 0.6) is 0 Å². The van der Waals surface area contributed by atoms with Crippen molar-refractivity contribution in [2.24, 2.45) is 0 Å². The zero-order chi connectivity index (χ0) is 23.4. The quantitative estimate of drug-likeness (QED) is 0.0632. The van der Waals surface area contributed by atoms with E-state index in [4.69, 9.17) is 37.9 Å². The molecule has 0 aliphatic heterocycles. The molecule has 0 amide bonds. The number of hydrogen-bond donors (Lipinski definition) is 0. The fraction of sp³-hybridized carbons (Fsp3) is 0.955. The SMILES string of the molecule is CC(=O)OCCOCCOCCOCCOCCOCCOCCOCCCCCCI. The van der Waals surface area contributed by atoms with E-state index in [0.29, 0.717) is 85.9 Å². The average Bonchev–Trinajstić information content (AvgIpc) is 2.78. The van der Waals surface area contributed by atoms with Gasteiger partial charge in [0, 0.05) is 13.5 Å². The summed E-state index contributed by atoms with van der Waals surface area (Å²) >= 11 is 2.42. The molecule has 0 bridgehead atoms. The highest BCUT2D eigenvalue weighted by atomic mass is 127. The van der Waals surface area contributed by atoms with E-state index in [1.54, 1.807) is 0 Å². The van der Waals surface area contributed by atoms with Crippen molar-refractivity contribution in [3.05, 3.63) is 0 Å². The Bertz CT molecular complexity index is 375. The average molecular weight is 578 g/mol. The molecular weight excluding hydrogens is 535 g/mol. The van der Waals surface area contributed by atoms with Gasteiger partial charge < -0.3 is 37.9 Å². The molecule has 0 aromatic rings. The van der Waals surface area contributed by atoms with Gasteiger partial charge >= 0.3 is 5.97 Å². The Hall–Kier alpha value is -0.0800. The van der Waals surface area contributed by atoms with E-state index in [1.807, 2.05) is 0 Å². The van der Waals surface area contributed by atoms with Gasteiger partial charge in [-0.3, -0.25) is 4.79 Å². The second-order valence-electron chi connectivity index (χ2n) is 6.73. The summed E-state index contributed by atoms with van der Waals surface area (Å²) in [5.74, 6) is -0.302. The monoisotopic (exact) mass is 578 g/mol. The lowest BCUT2D eigenvalue weighted by molar-refractivity contribution is -0.142. The minimum atomic E-state index is -0.302. The molecule has 0 saturated carbocycles. The van der Waals surface area contributed by atoms with Gasteiger partial charge in [0.25, 0.3) is 0 Å². The lowest BCUT2D eigenvalue weighted by atomic mass is 10.2. The van der Waals surface area contributed by atoms with Crippen LogP contribution in [-0.2, 0) is 42.7 Å². The van der Waals surface area contributed by atoms with Crippen molar-refractivity contribution in [3.8, 4) is 0 Å². The summed E-state index contributed by atoms with van der Waals surface area (Å²) in [6.07, 6.45) is 4.98. The van der Waals surface area contributed by atoms with Crippen LogP contribution in [0.2, 0.25) is 0 Å². The second kappa shape index (κ2) is 29.0. The van der Waals surface area contributed by atoms with Crippen molar-refractivity contribution >= 4 is 28.6 Å². The zero-order valence-electron chi connectivity index (χ0n) is 19.7. The van der Waals surface area contributed by atoms with Gasteiger partial charge in [-0.05, 0) is 17.3 Å². The summed E-state index contributed by atoms with van der Waals surface area (Å²) in [4.78, 5) is 10.5. The zero-order valence-corrected chi connectivity index (χ0v) is 21.9. The van der Waals surface area contributed by atoms with E-state index in [-0.39, 0.29) is 12.6 Å². The van der Waals surface area contributed by atoms with Gasteiger partial charge in [-0.25, -0.2) is 0 Å². The van der Waals surface area contributed by atoms with Crippen LogP contribution >= 0.6 is 22.6 Å². The van der Waals surface area contributed by atoms with Crippen LogP contribution < -0.4 is 0 Å². The summed E-state index contributed by atoms with van der Waals surface area (Å²) in [6, 6.07) is 0. The van der Waals surface area contributed by atoms with Crippen molar-refractivity contribution < 1.29 is 42.7 Å². The predicted octanol–water partition coefficient (Wildman–Crippen LogP) is 2.66. The molecule has 0 aliphatic rings. The number of carbonyl (C=O) groups excluding carboxylic acids is 1. The van der Waals surface area contributed by atoms with Gasteiger partial charge in [0.05, 0.1) is 85.9 Å². The number of halogens is 1. The fourth-order valence-corrected chi connectivity index (χ4v) is 2.86. The number of rotatable bonds is 27. The normalized spacial score (nSPS) is 11.2. The molecule has 0 N–H and O–H groups in total. The standard InChI is InChI=1S/C22H43IO9/c1-22(24)32-21-20-31-19-18-30-17-16-29-15-14-28-13-12-27-11-10-26-9-8-25-7-5-3-2-4-6-23/h2-21H2,1H3. The molecule has 0 atom stereocenters. The van der Waals surface area contributed by atoms with Gasteiger partial charge in [0.1, 0.15) is 6.61 Å². The topological polar surface area (TPSA) is 90.9 Å². The predicted molar refractivity (Wildman–Crippen MR) is 130 cm³/mol. The van der Waals surface area contributed by atoms with Gasteiger partial charge in [-0.15, -0.1) is 0 Å². The molecule has 192 valence electrons. The number of hydrogen-bond acceptors (Lipinski definition) is 9. The summed E-state index contributed by atoms with van der Waals surface area (Å²) in [5, 5.41) is 0. The number of carbonyl (C=O) groups is 1. The molecule has 0 aromatic carbocycles. The summed E-state index contributed by atoms with van der Waals surface area (Å²) in [7, 11) is 0. The van der Waals surface area contributed by atoms with E-state index in [0.717, 1.165) is 13.0 Å². The Balaban J connectivity index is 3.00. The molecule has 0 heterocycles. The molecule has 0 unspecified atom stereocenters.